The number of carbonyl (C=O) groups excluding carboxylic acids is 2. The smallest absolute Gasteiger partial charge is 0.262 e. The van der Waals surface area contributed by atoms with Crippen molar-refractivity contribution < 1.29 is 9.59 Å². The monoisotopic (exact) mass is 446 g/mol. The Kier molecular flexibility index (Phi) is 6.53. The topological polar surface area (TPSA) is 55.9 Å². The SMILES string of the molecule is CN1CCN(CN2C(=O)/C(=C3\Nc4ccccc4C3=O)c3ccccc32)CC1.Cl.Cl. The number of benzene rings is 2. The van der Waals surface area contributed by atoms with Crippen LogP contribution < -0.4 is 10.2 Å². The molecule has 0 radical (unpaired) electrons. The van der Waals surface area contributed by atoms with Crippen LogP contribution >= 0.6 is 24.8 Å². The van der Waals surface area contributed by atoms with Gasteiger partial charge in [-0.1, -0.05) is 30.3 Å². The van der Waals surface area contributed by atoms with Gasteiger partial charge in [0.2, 0.25) is 5.78 Å². The van der Waals surface area contributed by atoms with Gasteiger partial charge >= 0.3 is 0 Å². The lowest BCUT2D eigenvalue weighted by atomic mass is 10.0. The summed E-state index contributed by atoms with van der Waals surface area (Å²) in [5, 5.41) is 3.19. The summed E-state index contributed by atoms with van der Waals surface area (Å²) in [6, 6.07) is 15.1. The number of Topliss-reactive ketones (excluding diaryl/α,β-unsaturated/α-hetero) is 1. The van der Waals surface area contributed by atoms with Gasteiger partial charge in [-0.05, 0) is 25.2 Å². The zero-order valence-corrected chi connectivity index (χ0v) is 18.3. The molecule has 1 N–H and O–H groups in total. The lowest BCUT2D eigenvalue weighted by Gasteiger charge is -2.34. The van der Waals surface area contributed by atoms with Gasteiger partial charge in [-0.3, -0.25) is 19.4 Å². The summed E-state index contributed by atoms with van der Waals surface area (Å²) >= 11 is 0. The molecule has 1 amide bonds. The molecule has 3 heterocycles. The van der Waals surface area contributed by atoms with Crippen LogP contribution in [0, 0.1) is 0 Å². The second-order valence-corrected chi connectivity index (χ2v) is 7.56. The maximum Gasteiger partial charge on any atom is 0.262 e. The van der Waals surface area contributed by atoms with Crippen LogP contribution in [0.15, 0.2) is 54.2 Å². The van der Waals surface area contributed by atoms with Gasteiger partial charge in [0, 0.05) is 43.0 Å². The first-order valence-corrected chi connectivity index (χ1v) is 9.60. The van der Waals surface area contributed by atoms with Crippen molar-refractivity contribution in [3.05, 3.63) is 65.4 Å². The third kappa shape index (κ3) is 3.61. The van der Waals surface area contributed by atoms with Crippen LogP contribution in [0.4, 0.5) is 11.4 Å². The number of rotatable bonds is 2. The van der Waals surface area contributed by atoms with E-state index in [0.717, 1.165) is 43.1 Å². The van der Waals surface area contributed by atoms with E-state index < -0.39 is 0 Å². The lowest BCUT2D eigenvalue weighted by molar-refractivity contribution is -0.113. The Bertz CT molecular complexity index is 1020. The lowest BCUT2D eigenvalue weighted by Crippen LogP contribution is -2.49. The maximum absolute atomic E-state index is 13.4. The van der Waals surface area contributed by atoms with Crippen molar-refractivity contribution in [1.82, 2.24) is 9.80 Å². The molecular weight excluding hydrogens is 423 g/mol. The van der Waals surface area contributed by atoms with Crippen molar-refractivity contribution >= 4 is 53.5 Å². The molecule has 30 heavy (non-hydrogen) atoms. The van der Waals surface area contributed by atoms with Crippen LogP contribution in [-0.4, -0.2) is 61.4 Å². The first kappa shape index (κ1) is 22.3. The highest BCUT2D eigenvalue weighted by atomic mass is 35.5. The number of para-hydroxylation sites is 2. The number of fused-ring (bicyclic) bond motifs is 2. The van der Waals surface area contributed by atoms with E-state index in [-0.39, 0.29) is 36.5 Å². The molecular formula is C22H24Cl2N4O2. The Morgan fingerprint density at radius 3 is 2.20 bits per heavy atom. The van der Waals surface area contributed by atoms with Crippen molar-refractivity contribution in [1.29, 1.82) is 0 Å². The van der Waals surface area contributed by atoms with Crippen LogP contribution in [0.5, 0.6) is 0 Å². The molecule has 5 rings (SSSR count). The fourth-order valence-electron chi connectivity index (χ4n) is 4.14. The Morgan fingerprint density at radius 2 is 1.50 bits per heavy atom. The van der Waals surface area contributed by atoms with E-state index in [0.29, 0.717) is 23.5 Å². The molecule has 8 heteroatoms. The van der Waals surface area contributed by atoms with E-state index in [2.05, 4.69) is 22.2 Å². The van der Waals surface area contributed by atoms with Crippen LogP contribution in [0.2, 0.25) is 0 Å². The highest BCUT2D eigenvalue weighted by Crippen LogP contribution is 2.41. The van der Waals surface area contributed by atoms with E-state index >= 15 is 0 Å². The average Bonchev–Trinajstić information content (AvgIpc) is 3.18. The van der Waals surface area contributed by atoms with Gasteiger partial charge < -0.3 is 10.2 Å². The maximum atomic E-state index is 13.4. The Hall–Kier alpha value is -2.38. The second-order valence-electron chi connectivity index (χ2n) is 7.56. The largest absolute Gasteiger partial charge is 0.351 e. The summed E-state index contributed by atoms with van der Waals surface area (Å²) in [5.74, 6) is -0.223. The number of allylic oxidation sites excluding steroid dienone is 1. The quantitative estimate of drug-likeness (QED) is 0.718. The van der Waals surface area contributed by atoms with Crippen LogP contribution in [-0.2, 0) is 4.79 Å². The number of amides is 1. The van der Waals surface area contributed by atoms with Gasteiger partial charge in [0.25, 0.3) is 5.91 Å². The Morgan fingerprint density at radius 1 is 0.867 bits per heavy atom. The minimum atomic E-state index is -0.116. The molecule has 2 aromatic carbocycles. The highest BCUT2D eigenvalue weighted by molar-refractivity contribution is 6.39. The Balaban J connectivity index is 0.00000128. The highest BCUT2D eigenvalue weighted by Gasteiger charge is 2.39. The predicted octanol–water partition coefficient (Wildman–Crippen LogP) is 3.10. The van der Waals surface area contributed by atoms with Crippen LogP contribution in [0.3, 0.4) is 0 Å². The molecule has 158 valence electrons. The number of nitrogens with one attached hydrogen (secondary N) is 1. The van der Waals surface area contributed by atoms with Gasteiger partial charge in [0.15, 0.2) is 0 Å². The van der Waals surface area contributed by atoms with Crippen molar-refractivity contribution in [3.8, 4) is 0 Å². The summed E-state index contributed by atoms with van der Waals surface area (Å²) in [4.78, 5) is 32.8. The summed E-state index contributed by atoms with van der Waals surface area (Å²) < 4.78 is 0. The average molecular weight is 447 g/mol. The zero-order chi connectivity index (χ0) is 19.3. The second kappa shape index (κ2) is 8.78. The number of hydrogen-bond acceptors (Lipinski definition) is 5. The summed E-state index contributed by atoms with van der Waals surface area (Å²) in [6.07, 6.45) is 0. The third-order valence-electron chi connectivity index (χ3n) is 5.77. The van der Waals surface area contributed by atoms with E-state index in [1.807, 2.05) is 42.5 Å². The standard InChI is InChI=1S/C22H22N4O2.2ClH/c1-24-10-12-25(13-11-24)14-26-18-9-5-3-7-16(18)19(22(26)28)20-21(27)15-6-2-4-8-17(15)23-20;;/h2-9,23H,10-14H2,1H3;2*1H/b20-19-;;. The van der Waals surface area contributed by atoms with Crippen molar-refractivity contribution in [2.24, 2.45) is 0 Å². The molecule has 0 saturated carbocycles. The molecule has 0 unspecified atom stereocenters. The summed E-state index contributed by atoms with van der Waals surface area (Å²) in [6.45, 7) is 4.38. The van der Waals surface area contributed by atoms with E-state index in [4.69, 9.17) is 0 Å². The van der Waals surface area contributed by atoms with Gasteiger partial charge in [-0.15, -0.1) is 24.8 Å². The van der Waals surface area contributed by atoms with E-state index in [1.165, 1.54) is 0 Å². The van der Waals surface area contributed by atoms with Crippen molar-refractivity contribution in [2.45, 2.75) is 0 Å². The normalized spacial score (nSPS) is 20.9. The van der Waals surface area contributed by atoms with Crippen LogP contribution in [0.25, 0.3) is 5.57 Å². The van der Waals surface area contributed by atoms with Crippen LogP contribution in [0.1, 0.15) is 15.9 Å². The summed E-state index contributed by atoms with van der Waals surface area (Å²) in [5.41, 5.74) is 3.95. The minimum absolute atomic E-state index is 0. The van der Waals surface area contributed by atoms with Crippen molar-refractivity contribution in [3.63, 3.8) is 0 Å². The first-order valence-electron chi connectivity index (χ1n) is 9.60. The van der Waals surface area contributed by atoms with E-state index in [1.54, 1.807) is 11.0 Å². The van der Waals surface area contributed by atoms with Gasteiger partial charge in [-0.2, -0.15) is 0 Å². The number of halogens is 2. The Labute approximate surface area is 188 Å². The molecule has 0 aliphatic carbocycles. The molecule has 2 aromatic rings. The molecule has 0 atom stereocenters. The van der Waals surface area contributed by atoms with E-state index in [9.17, 15) is 9.59 Å². The fourth-order valence-corrected chi connectivity index (χ4v) is 4.14. The number of carbonyl (C=O) groups is 2. The minimum Gasteiger partial charge on any atom is -0.351 e. The molecule has 0 aromatic heterocycles. The number of ketones is 1. The number of likely N-dealkylation sites (N-methyl/N-ethyl adjacent to an activating group) is 1. The summed E-state index contributed by atoms with van der Waals surface area (Å²) in [7, 11) is 2.12. The molecule has 3 aliphatic rings. The van der Waals surface area contributed by atoms with Gasteiger partial charge in [0.05, 0.1) is 17.9 Å². The number of hydrogen-bond donors (Lipinski definition) is 1. The molecule has 0 bridgehead atoms. The number of piperazine rings is 1. The predicted molar refractivity (Wildman–Crippen MR) is 124 cm³/mol. The first-order chi connectivity index (χ1) is 13.6. The van der Waals surface area contributed by atoms with Gasteiger partial charge in [-0.25, -0.2) is 0 Å². The zero-order valence-electron chi connectivity index (χ0n) is 16.6. The molecule has 1 fully saturated rings. The molecule has 6 nitrogen and oxygen atoms in total. The molecule has 1 saturated heterocycles. The molecule has 0 spiro atoms. The van der Waals surface area contributed by atoms with Crippen molar-refractivity contribution in [2.75, 3.05) is 50.1 Å². The fraction of sp³-hybridized carbons (Fsp3) is 0.273. The van der Waals surface area contributed by atoms with Gasteiger partial charge in [0.1, 0.15) is 5.70 Å². The third-order valence-corrected chi connectivity index (χ3v) is 5.77. The number of nitrogens with zero attached hydrogens (tertiary/aromatic N) is 3. The number of anilines is 2. The molecule has 3 aliphatic heterocycles.